The summed E-state index contributed by atoms with van der Waals surface area (Å²) in [4.78, 5) is 4.10. The Bertz CT molecular complexity index is 450. The molecule has 0 unspecified atom stereocenters. The van der Waals surface area contributed by atoms with Crippen LogP contribution in [0, 0.1) is 6.92 Å². The molecule has 2 heterocycles. The van der Waals surface area contributed by atoms with Crippen molar-refractivity contribution in [2.45, 2.75) is 13.5 Å². The number of hydrogen-bond acceptors (Lipinski definition) is 2. The average molecular weight is 197 g/mol. The van der Waals surface area contributed by atoms with Gasteiger partial charge in [0.15, 0.2) is 5.65 Å². The van der Waals surface area contributed by atoms with E-state index in [2.05, 4.69) is 4.98 Å². The van der Waals surface area contributed by atoms with Gasteiger partial charge in [0.1, 0.15) is 0 Å². The molecule has 0 atom stereocenters. The van der Waals surface area contributed by atoms with Crippen molar-refractivity contribution in [1.82, 2.24) is 9.38 Å². The first-order valence-corrected chi connectivity index (χ1v) is 4.33. The Morgan fingerprint density at radius 1 is 1.62 bits per heavy atom. The van der Waals surface area contributed by atoms with Gasteiger partial charge in [-0.15, -0.1) is 0 Å². The molecule has 2 aromatic rings. The highest BCUT2D eigenvalue weighted by Gasteiger charge is 2.05. The van der Waals surface area contributed by atoms with E-state index >= 15 is 0 Å². The van der Waals surface area contributed by atoms with Crippen LogP contribution in [0.2, 0.25) is 5.02 Å². The summed E-state index contributed by atoms with van der Waals surface area (Å²) in [6.07, 6.45) is 3.53. The van der Waals surface area contributed by atoms with Gasteiger partial charge < -0.3 is 9.51 Å². The van der Waals surface area contributed by atoms with Crippen LogP contribution in [0.15, 0.2) is 18.5 Å². The zero-order chi connectivity index (χ0) is 9.42. The number of aliphatic hydroxyl groups is 1. The van der Waals surface area contributed by atoms with Crippen molar-refractivity contribution >= 4 is 17.2 Å². The molecule has 0 aromatic carbocycles. The highest BCUT2D eigenvalue weighted by atomic mass is 35.5. The SMILES string of the molecule is Cc1cc(Cl)c2ncc(CO)n2c1. The quantitative estimate of drug-likeness (QED) is 0.755. The molecule has 0 radical (unpaired) electrons. The molecule has 1 N–H and O–H groups in total. The summed E-state index contributed by atoms with van der Waals surface area (Å²) >= 11 is 5.97. The van der Waals surface area contributed by atoms with Crippen molar-refractivity contribution < 1.29 is 5.11 Å². The molecule has 0 saturated heterocycles. The molecule has 0 saturated carbocycles. The Morgan fingerprint density at radius 2 is 2.38 bits per heavy atom. The molecule has 2 rings (SSSR count). The van der Waals surface area contributed by atoms with Crippen molar-refractivity contribution in [3.8, 4) is 0 Å². The number of aromatic nitrogens is 2. The molecule has 13 heavy (non-hydrogen) atoms. The van der Waals surface area contributed by atoms with Gasteiger partial charge >= 0.3 is 0 Å². The van der Waals surface area contributed by atoms with E-state index < -0.39 is 0 Å². The maximum absolute atomic E-state index is 9.00. The minimum absolute atomic E-state index is 0.0268. The van der Waals surface area contributed by atoms with Crippen molar-refractivity contribution in [3.05, 3.63) is 34.7 Å². The van der Waals surface area contributed by atoms with E-state index in [-0.39, 0.29) is 6.61 Å². The summed E-state index contributed by atoms with van der Waals surface area (Å²) in [5, 5.41) is 9.61. The Balaban J connectivity index is 2.82. The number of fused-ring (bicyclic) bond motifs is 1. The van der Waals surface area contributed by atoms with Crippen LogP contribution in [0.1, 0.15) is 11.3 Å². The number of pyridine rings is 1. The fourth-order valence-corrected chi connectivity index (χ4v) is 1.65. The van der Waals surface area contributed by atoms with Crippen LogP contribution in [0.5, 0.6) is 0 Å². The third-order valence-electron chi connectivity index (χ3n) is 1.94. The standard InChI is InChI=1S/C9H9ClN2O/c1-6-2-8(10)9-11-3-7(5-13)12(9)4-6/h2-4,13H,5H2,1H3. The number of imidazole rings is 1. The van der Waals surface area contributed by atoms with Crippen LogP contribution in [-0.2, 0) is 6.61 Å². The minimum atomic E-state index is -0.0268. The van der Waals surface area contributed by atoms with E-state index in [1.807, 2.05) is 19.2 Å². The molecule has 0 spiro atoms. The van der Waals surface area contributed by atoms with E-state index in [0.717, 1.165) is 11.3 Å². The topological polar surface area (TPSA) is 37.5 Å². The summed E-state index contributed by atoms with van der Waals surface area (Å²) in [5.41, 5.74) is 2.49. The Hall–Kier alpha value is -1.06. The van der Waals surface area contributed by atoms with Gasteiger partial charge in [-0.1, -0.05) is 11.6 Å². The first-order chi connectivity index (χ1) is 6.22. The van der Waals surface area contributed by atoms with Crippen LogP contribution in [0.3, 0.4) is 0 Å². The average Bonchev–Trinajstić information content (AvgIpc) is 2.47. The number of halogens is 1. The third-order valence-corrected chi connectivity index (χ3v) is 2.21. The van der Waals surface area contributed by atoms with E-state index in [0.29, 0.717) is 10.7 Å². The summed E-state index contributed by atoms with van der Waals surface area (Å²) in [5.74, 6) is 0. The van der Waals surface area contributed by atoms with Crippen LogP contribution in [0.4, 0.5) is 0 Å². The van der Waals surface area contributed by atoms with Gasteiger partial charge in [-0.05, 0) is 18.6 Å². The second-order valence-corrected chi connectivity index (χ2v) is 3.37. The van der Waals surface area contributed by atoms with E-state index in [1.165, 1.54) is 0 Å². The smallest absolute Gasteiger partial charge is 0.155 e. The lowest BCUT2D eigenvalue weighted by Crippen LogP contribution is -1.93. The number of aryl methyl sites for hydroxylation is 1. The minimum Gasteiger partial charge on any atom is -0.390 e. The molecular weight excluding hydrogens is 188 g/mol. The van der Waals surface area contributed by atoms with Gasteiger partial charge in [-0.3, -0.25) is 0 Å². The normalized spacial score (nSPS) is 11.0. The fourth-order valence-electron chi connectivity index (χ4n) is 1.34. The van der Waals surface area contributed by atoms with Crippen molar-refractivity contribution in [2.24, 2.45) is 0 Å². The summed E-state index contributed by atoms with van der Waals surface area (Å²) < 4.78 is 1.80. The summed E-state index contributed by atoms with van der Waals surface area (Å²) in [7, 11) is 0. The van der Waals surface area contributed by atoms with E-state index in [4.69, 9.17) is 16.7 Å². The van der Waals surface area contributed by atoms with Gasteiger partial charge in [0.2, 0.25) is 0 Å². The highest BCUT2D eigenvalue weighted by molar-refractivity contribution is 6.33. The van der Waals surface area contributed by atoms with Crippen LogP contribution < -0.4 is 0 Å². The van der Waals surface area contributed by atoms with E-state index in [1.54, 1.807) is 10.6 Å². The highest BCUT2D eigenvalue weighted by Crippen LogP contribution is 2.19. The molecule has 0 aliphatic carbocycles. The first kappa shape index (κ1) is 8.53. The predicted octanol–water partition coefficient (Wildman–Crippen LogP) is 1.79. The molecule has 68 valence electrons. The van der Waals surface area contributed by atoms with Crippen LogP contribution in [-0.4, -0.2) is 14.5 Å². The lowest BCUT2D eigenvalue weighted by Gasteiger charge is -2.01. The van der Waals surface area contributed by atoms with Gasteiger partial charge in [-0.2, -0.15) is 0 Å². The van der Waals surface area contributed by atoms with Crippen LogP contribution >= 0.6 is 11.6 Å². The van der Waals surface area contributed by atoms with Gasteiger partial charge in [-0.25, -0.2) is 4.98 Å². The largest absolute Gasteiger partial charge is 0.390 e. The Morgan fingerprint density at radius 3 is 3.08 bits per heavy atom. The molecule has 0 amide bonds. The molecule has 4 heteroatoms. The Kier molecular flexibility index (Phi) is 1.98. The number of nitrogens with zero attached hydrogens (tertiary/aromatic N) is 2. The zero-order valence-corrected chi connectivity index (χ0v) is 7.91. The molecule has 0 aliphatic heterocycles. The van der Waals surface area contributed by atoms with Crippen molar-refractivity contribution in [3.63, 3.8) is 0 Å². The van der Waals surface area contributed by atoms with Gasteiger partial charge in [0, 0.05) is 6.20 Å². The maximum atomic E-state index is 9.00. The van der Waals surface area contributed by atoms with Gasteiger partial charge in [0.05, 0.1) is 23.5 Å². The number of aliphatic hydroxyl groups excluding tert-OH is 1. The predicted molar refractivity (Wildman–Crippen MR) is 50.9 cm³/mol. The summed E-state index contributed by atoms with van der Waals surface area (Å²) in [6.45, 7) is 1.92. The van der Waals surface area contributed by atoms with E-state index in [9.17, 15) is 0 Å². The molecule has 0 bridgehead atoms. The number of rotatable bonds is 1. The second-order valence-electron chi connectivity index (χ2n) is 2.97. The molecule has 3 nitrogen and oxygen atoms in total. The lowest BCUT2D eigenvalue weighted by atomic mass is 10.3. The molecule has 2 aromatic heterocycles. The monoisotopic (exact) mass is 196 g/mol. The maximum Gasteiger partial charge on any atom is 0.155 e. The molecule has 0 fully saturated rings. The fraction of sp³-hybridized carbons (Fsp3) is 0.222. The van der Waals surface area contributed by atoms with Crippen molar-refractivity contribution in [2.75, 3.05) is 0 Å². The van der Waals surface area contributed by atoms with Crippen LogP contribution in [0.25, 0.3) is 5.65 Å². The number of hydrogen-bond donors (Lipinski definition) is 1. The van der Waals surface area contributed by atoms with Crippen molar-refractivity contribution in [1.29, 1.82) is 0 Å². The first-order valence-electron chi connectivity index (χ1n) is 3.95. The lowest BCUT2D eigenvalue weighted by molar-refractivity contribution is 0.276. The third kappa shape index (κ3) is 1.30. The Labute approximate surface area is 80.6 Å². The van der Waals surface area contributed by atoms with Gasteiger partial charge in [0.25, 0.3) is 0 Å². The summed E-state index contributed by atoms with van der Waals surface area (Å²) in [6, 6.07) is 1.85. The second kappa shape index (κ2) is 3.01. The molecule has 0 aliphatic rings. The zero-order valence-electron chi connectivity index (χ0n) is 7.16. The molecular formula is C9H9ClN2O.